The molecule has 1 unspecified atom stereocenters. The molecule has 1 amide bonds. The molecule has 30 heavy (non-hydrogen) atoms. The first-order chi connectivity index (χ1) is 14.2. The van der Waals surface area contributed by atoms with Crippen molar-refractivity contribution in [1.29, 1.82) is 0 Å². The summed E-state index contributed by atoms with van der Waals surface area (Å²) in [6.45, 7) is 6.53. The predicted octanol–water partition coefficient (Wildman–Crippen LogP) is 3.65. The van der Waals surface area contributed by atoms with E-state index in [0.29, 0.717) is 17.1 Å². The van der Waals surface area contributed by atoms with Crippen LogP contribution in [0.5, 0.6) is 5.75 Å². The molecule has 2 aromatic rings. The number of rotatable bonds is 6. The van der Waals surface area contributed by atoms with Crippen molar-refractivity contribution in [1.82, 2.24) is 4.90 Å². The maximum atomic E-state index is 12.9. The van der Waals surface area contributed by atoms with Crippen molar-refractivity contribution >= 4 is 17.4 Å². The SMILES string of the molecule is COCCN1C(=O)C(=O)/C(=C(\O)c2ccc(OC)c(C(C)(C)C)c2)C1c1ccco1. The van der Waals surface area contributed by atoms with E-state index in [1.54, 1.807) is 37.4 Å². The minimum absolute atomic E-state index is 0.00363. The van der Waals surface area contributed by atoms with Crippen LogP contribution in [0.2, 0.25) is 0 Å². The van der Waals surface area contributed by atoms with Crippen molar-refractivity contribution in [3.63, 3.8) is 0 Å². The van der Waals surface area contributed by atoms with E-state index < -0.39 is 17.7 Å². The van der Waals surface area contributed by atoms with Crippen LogP contribution in [0.3, 0.4) is 0 Å². The monoisotopic (exact) mass is 413 g/mol. The van der Waals surface area contributed by atoms with E-state index in [-0.39, 0.29) is 29.9 Å². The molecule has 0 radical (unpaired) electrons. The fourth-order valence-electron chi connectivity index (χ4n) is 3.64. The molecule has 1 N–H and O–H groups in total. The molecule has 1 atom stereocenters. The summed E-state index contributed by atoms with van der Waals surface area (Å²) in [7, 11) is 3.10. The second kappa shape index (κ2) is 8.36. The van der Waals surface area contributed by atoms with Gasteiger partial charge in [0.15, 0.2) is 0 Å². The fourth-order valence-corrected chi connectivity index (χ4v) is 3.64. The van der Waals surface area contributed by atoms with Crippen LogP contribution in [0, 0.1) is 0 Å². The van der Waals surface area contributed by atoms with Gasteiger partial charge in [-0.05, 0) is 35.7 Å². The zero-order valence-electron chi connectivity index (χ0n) is 17.9. The summed E-state index contributed by atoms with van der Waals surface area (Å²) in [5.74, 6) is -0.612. The van der Waals surface area contributed by atoms with E-state index in [4.69, 9.17) is 13.9 Å². The van der Waals surface area contributed by atoms with E-state index in [0.717, 1.165) is 5.56 Å². The Kier molecular flexibility index (Phi) is 6.03. The lowest BCUT2D eigenvalue weighted by Crippen LogP contribution is -2.32. The van der Waals surface area contributed by atoms with Crippen LogP contribution in [0.25, 0.3) is 5.76 Å². The Morgan fingerprint density at radius 2 is 1.93 bits per heavy atom. The Morgan fingerprint density at radius 3 is 2.50 bits per heavy atom. The standard InChI is InChI=1S/C23H27NO6/c1-23(2,3)15-13-14(8-9-16(15)29-5)20(25)18-19(17-7-6-11-30-17)24(10-12-28-4)22(27)21(18)26/h6-9,11,13,19,25H,10,12H2,1-5H3/b20-18-. The number of nitrogens with zero attached hydrogens (tertiary/aromatic N) is 1. The first-order valence-electron chi connectivity index (χ1n) is 9.70. The molecule has 1 aromatic heterocycles. The Labute approximate surface area is 175 Å². The molecule has 7 heteroatoms. The summed E-state index contributed by atoms with van der Waals surface area (Å²) in [6, 6.07) is 7.74. The quantitative estimate of drug-likeness (QED) is 0.442. The van der Waals surface area contributed by atoms with Crippen LogP contribution in [0.4, 0.5) is 0 Å². The molecule has 160 valence electrons. The van der Waals surface area contributed by atoms with Crippen molar-refractivity contribution < 1.29 is 28.6 Å². The first-order valence-corrected chi connectivity index (χ1v) is 9.70. The van der Waals surface area contributed by atoms with Gasteiger partial charge in [-0.2, -0.15) is 0 Å². The molecule has 1 aliphatic rings. The molecule has 0 spiro atoms. The lowest BCUT2D eigenvalue weighted by Gasteiger charge is -2.24. The van der Waals surface area contributed by atoms with Crippen LogP contribution in [0.15, 0.2) is 46.6 Å². The summed E-state index contributed by atoms with van der Waals surface area (Å²) < 4.78 is 16.0. The van der Waals surface area contributed by atoms with Gasteiger partial charge in [-0.1, -0.05) is 20.8 Å². The van der Waals surface area contributed by atoms with Gasteiger partial charge in [-0.3, -0.25) is 9.59 Å². The number of ether oxygens (including phenoxy) is 2. The van der Waals surface area contributed by atoms with E-state index in [2.05, 4.69) is 0 Å². The van der Waals surface area contributed by atoms with Crippen molar-refractivity contribution in [2.24, 2.45) is 0 Å². The second-order valence-corrected chi connectivity index (χ2v) is 8.17. The maximum Gasteiger partial charge on any atom is 0.295 e. The van der Waals surface area contributed by atoms with Gasteiger partial charge in [-0.25, -0.2) is 0 Å². The number of hydrogen-bond donors (Lipinski definition) is 1. The highest BCUT2D eigenvalue weighted by molar-refractivity contribution is 6.46. The van der Waals surface area contributed by atoms with Gasteiger partial charge in [0, 0.05) is 24.8 Å². The van der Waals surface area contributed by atoms with Crippen LogP contribution < -0.4 is 4.74 Å². The van der Waals surface area contributed by atoms with E-state index >= 15 is 0 Å². The number of carbonyl (C=O) groups excluding carboxylic acids is 2. The minimum atomic E-state index is -0.824. The fraction of sp³-hybridized carbons (Fsp3) is 0.391. The van der Waals surface area contributed by atoms with Gasteiger partial charge in [0.25, 0.3) is 11.7 Å². The van der Waals surface area contributed by atoms with E-state index in [1.807, 2.05) is 20.8 Å². The van der Waals surface area contributed by atoms with Crippen molar-refractivity contribution in [3.8, 4) is 5.75 Å². The second-order valence-electron chi connectivity index (χ2n) is 8.17. The van der Waals surface area contributed by atoms with Crippen molar-refractivity contribution in [2.75, 3.05) is 27.4 Å². The van der Waals surface area contributed by atoms with E-state index in [1.165, 1.54) is 18.3 Å². The zero-order valence-corrected chi connectivity index (χ0v) is 17.9. The van der Waals surface area contributed by atoms with Crippen molar-refractivity contribution in [3.05, 3.63) is 59.1 Å². The predicted molar refractivity (Wildman–Crippen MR) is 111 cm³/mol. The smallest absolute Gasteiger partial charge is 0.295 e. The normalized spacial score (nSPS) is 18.8. The van der Waals surface area contributed by atoms with Gasteiger partial charge in [0.05, 0.1) is 25.6 Å². The topological polar surface area (TPSA) is 89.2 Å². The van der Waals surface area contributed by atoms with Gasteiger partial charge in [-0.15, -0.1) is 0 Å². The van der Waals surface area contributed by atoms with Crippen LogP contribution >= 0.6 is 0 Å². The van der Waals surface area contributed by atoms with Crippen LogP contribution in [0.1, 0.15) is 43.7 Å². The Balaban J connectivity index is 2.17. The lowest BCUT2D eigenvalue weighted by molar-refractivity contribution is -0.140. The third kappa shape index (κ3) is 3.85. The molecule has 7 nitrogen and oxygen atoms in total. The molecule has 2 heterocycles. The summed E-state index contributed by atoms with van der Waals surface area (Å²) in [5, 5.41) is 11.1. The Morgan fingerprint density at radius 1 is 1.20 bits per heavy atom. The Bertz CT molecular complexity index is 968. The third-order valence-corrected chi connectivity index (χ3v) is 5.17. The molecular weight excluding hydrogens is 386 g/mol. The van der Waals surface area contributed by atoms with Gasteiger partial charge in [0.2, 0.25) is 0 Å². The number of aliphatic hydroxyl groups excluding tert-OH is 1. The molecule has 1 aromatic carbocycles. The molecular formula is C23H27NO6. The van der Waals surface area contributed by atoms with Gasteiger partial charge in [0.1, 0.15) is 23.3 Å². The minimum Gasteiger partial charge on any atom is -0.507 e. The average molecular weight is 413 g/mol. The number of methoxy groups -OCH3 is 2. The molecule has 0 bridgehead atoms. The molecule has 1 fully saturated rings. The van der Waals surface area contributed by atoms with Crippen LogP contribution in [-0.4, -0.2) is 49.1 Å². The number of amides is 1. The maximum absolute atomic E-state index is 12.9. The summed E-state index contributed by atoms with van der Waals surface area (Å²) in [6.07, 6.45) is 1.47. The lowest BCUT2D eigenvalue weighted by atomic mass is 9.84. The van der Waals surface area contributed by atoms with E-state index in [9.17, 15) is 14.7 Å². The van der Waals surface area contributed by atoms with Crippen molar-refractivity contribution in [2.45, 2.75) is 32.2 Å². The molecule has 1 saturated heterocycles. The zero-order chi connectivity index (χ0) is 22.1. The summed E-state index contributed by atoms with van der Waals surface area (Å²) >= 11 is 0. The Hall–Kier alpha value is -3.06. The average Bonchev–Trinajstić information content (AvgIpc) is 3.32. The molecule has 0 saturated carbocycles. The largest absolute Gasteiger partial charge is 0.507 e. The molecule has 0 aliphatic carbocycles. The summed E-state index contributed by atoms with van der Waals surface area (Å²) in [5.41, 5.74) is 1.04. The highest BCUT2D eigenvalue weighted by Crippen LogP contribution is 2.40. The highest BCUT2D eigenvalue weighted by Gasteiger charge is 2.47. The molecule has 1 aliphatic heterocycles. The van der Waals surface area contributed by atoms with Gasteiger partial charge >= 0.3 is 0 Å². The number of hydrogen-bond acceptors (Lipinski definition) is 6. The number of likely N-dealkylation sites (tertiary alicyclic amines) is 1. The van der Waals surface area contributed by atoms with Gasteiger partial charge < -0.3 is 23.9 Å². The number of furan rings is 1. The first kappa shape index (κ1) is 21.6. The number of carbonyl (C=O) groups is 2. The number of aliphatic hydroxyl groups is 1. The highest BCUT2D eigenvalue weighted by atomic mass is 16.5. The van der Waals surface area contributed by atoms with Crippen LogP contribution in [-0.2, 0) is 19.7 Å². The number of ketones is 1. The third-order valence-electron chi connectivity index (χ3n) is 5.17. The molecule has 3 rings (SSSR count). The number of Topliss-reactive ketones (excluding diaryl/α,β-unsaturated/α-hetero) is 1. The number of benzene rings is 1. The summed E-state index contributed by atoms with van der Waals surface area (Å²) in [4.78, 5) is 27.0.